The number of nitrogens with zero attached hydrogens (tertiary/aromatic N) is 2. The summed E-state index contributed by atoms with van der Waals surface area (Å²) < 4.78 is 10.5. The first-order valence-corrected chi connectivity index (χ1v) is 6.48. The summed E-state index contributed by atoms with van der Waals surface area (Å²) >= 11 is 0. The Morgan fingerprint density at radius 1 is 1.40 bits per heavy atom. The lowest BCUT2D eigenvalue weighted by Crippen LogP contribution is -2.33. The maximum Gasteiger partial charge on any atom is 0.317 e. The summed E-state index contributed by atoms with van der Waals surface area (Å²) in [6.07, 6.45) is 1.63. The zero-order valence-electron chi connectivity index (χ0n) is 12.4. The van der Waals surface area contributed by atoms with E-state index in [1.165, 1.54) is 0 Å². The van der Waals surface area contributed by atoms with Crippen LogP contribution in [-0.4, -0.2) is 48.3 Å². The molecule has 0 bridgehead atoms. The third-order valence-corrected chi connectivity index (χ3v) is 2.72. The van der Waals surface area contributed by atoms with Gasteiger partial charge in [0.2, 0.25) is 0 Å². The molecular weight excluding hydrogens is 260 g/mol. The van der Waals surface area contributed by atoms with Crippen molar-refractivity contribution in [2.24, 2.45) is 5.92 Å². The summed E-state index contributed by atoms with van der Waals surface area (Å²) in [7, 11) is 3.11. The second-order valence-electron chi connectivity index (χ2n) is 4.95. The highest BCUT2D eigenvalue weighted by atomic mass is 16.5. The lowest BCUT2D eigenvalue weighted by Gasteiger charge is -2.23. The van der Waals surface area contributed by atoms with Crippen molar-refractivity contribution < 1.29 is 19.4 Å². The highest BCUT2D eigenvalue weighted by Crippen LogP contribution is 2.29. The summed E-state index contributed by atoms with van der Waals surface area (Å²) in [5.41, 5.74) is 0.675. The fourth-order valence-corrected chi connectivity index (χ4v) is 2.07. The second-order valence-corrected chi connectivity index (χ2v) is 4.95. The molecule has 1 aromatic rings. The van der Waals surface area contributed by atoms with Gasteiger partial charge in [0.15, 0.2) is 11.5 Å². The zero-order chi connectivity index (χ0) is 15.1. The minimum atomic E-state index is -0.854. The van der Waals surface area contributed by atoms with E-state index in [-0.39, 0.29) is 6.54 Å². The molecule has 0 saturated heterocycles. The molecular formula is C14H22N2O4. The van der Waals surface area contributed by atoms with Crippen LogP contribution in [0, 0.1) is 5.92 Å². The van der Waals surface area contributed by atoms with E-state index in [1.807, 2.05) is 18.7 Å². The number of rotatable bonds is 8. The van der Waals surface area contributed by atoms with Gasteiger partial charge in [0.1, 0.15) is 5.69 Å². The number of carboxylic acid groups (broad SMARTS) is 1. The first-order chi connectivity index (χ1) is 9.47. The average molecular weight is 282 g/mol. The summed E-state index contributed by atoms with van der Waals surface area (Å²) in [5, 5.41) is 8.98. The summed E-state index contributed by atoms with van der Waals surface area (Å²) in [6.45, 7) is 5.15. The highest BCUT2D eigenvalue weighted by molar-refractivity contribution is 5.69. The summed E-state index contributed by atoms with van der Waals surface area (Å²) in [6, 6.07) is 1.71. The number of aromatic nitrogens is 1. The molecule has 0 spiro atoms. The molecule has 0 fully saturated rings. The van der Waals surface area contributed by atoms with E-state index in [9.17, 15) is 4.79 Å². The fourth-order valence-electron chi connectivity index (χ4n) is 2.07. The van der Waals surface area contributed by atoms with E-state index in [4.69, 9.17) is 14.6 Å². The number of carbonyl (C=O) groups is 1. The van der Waals surface area contributed by atoms with E-state index >= 15 is 0 Å². The Morgan fingerprint density at radius 3 is 2.60 bits per heavy atom. The first kappa shape index (κ1) is 16.2. The Morgan fingerprint density at radius 2 is 2.10 bits per heavy atom. The van der Waals surface area contributed by atoms with Gasteiger partial charge in [-0.1, -0.05) is 13.8 Å². The zero-order valence-corrected chi connectivity index (χ0v) is 12.4. The highest BCUT2D eigenvalue weighted by Gasteiger charge is 2.17. The number of hydrogen-bond donors (Lipinski definition) is 1. The van der Waals surface area contributed by atoms with Gasteiger partial charge in [0.25, 0.3) is 0 Å². The van der Waals surface area contributed by atoms with Crippen molar-refractivity contribution in [1.29, 1.82) is 0 Å². The molecule has 112 valence electrons. The minimum Gasteiger partial charge on any atom is -0.493 e. The topological polar surface area (TPSA) is 71.9 Å². The smallest absolute Gasteiger partial charge is 0.317 e. The van der Waals surface area contributed by atoms with E-state index in [0.717, 1.165) is 0 Å². The van der Waals surface area contributed by atoms with Crippen LogP contribution in [0.5, 0.6) is 11.5 Å². The molecule has 1 heterocycles. The number of aliphatic carboxylic acids is 1. The minimum absolute atomic E-state index is 0.0276. The maximum absolute atomic E-state index is 10.9. The number of pyridine rings is 1. The predicted octanol–water partition coefficient (Wildman–Crippen LogP) is 1.64. The van der Waals surface area contributed by atoms with Gasteiger partial charge >= 0.3 is 5.97 Å². The molecule has 0 aliphatic rings. The Hall–Kier alpha value is -1.82. The van der Waals surface area contributed by atoms with Crippen LogP contribution in [-0.2, 0) is 11.3 Å². The van der Waals surface area contributed by atoms with Crippen LogP contribution in [0.2, 0.25) is 0 Å². The lowest BCUT2D eigenvalue weighted by atomic mass is 10.2. The molecule has 6 heteroatoms. The number of hydrogen-bond acceptors (Lipinski definition) is 5. The Kier molecular flexibility index (Phi) is 6.24. The lowest BCUT2D eigenvalue weighted by molar-refractivity contribution is -0.138. The van der Waals surface area contributed by atoms with Crippen molar-refractivity contribution in [3.05, 3.63) is 18.0 Å². The van der Waals surface area contributed by atoms with Crippen LogP contribution < -0.4 is 9.47 Å². The third kappa shape index (κ3) is 4.70. The van der Waals surface area contributed by atoms with Crippen LogP contribution in [0.25, 0.3) is 0 Å². The van der Waals surface area contributed by atoms with E-state index < -0.39 is 5.97 Å². The van der Waals surface area contributed by atoms with Crippen molar-refractivity contribution in [2.75, 3.05) is 27.3 Å². The first-order valence-electron chi connectivity index (χ1n) is 6.48. The number of carboxylic acids is 1. The summed E-state index contributed by atoms with van der Waals surface area (Å²) in [5.74, 6) is 0.657. The number of ether oxygens (including phenoxy) is 2. The monoisotopic (exact) mass is 282 g/mol. The molecule has 0 saturated carbocycles. The molecule has 0 unspecified atom stereocenters. The van der Waals surface area contributed by atoms with Crippen LogP contribution in [0.1, 0.15) is 19.5 Å². The van der Waals surface area contributed by atoms with Crippen molar-refractivity contribution in [2.45, 2.75) is 20.4 Å². The molecule has 0 amide bonds. The molecule has 1 N–H and O–H groups in total. The Balaban J connectivity index is 2.94. The molecule has 0 aromatic carbocycles. The van der Waals surface area contributed by atoms with Crippen molar-refractivity contribution in [3.63, 3.8) is 0 Å². The van der Waals surface area contributed by atoms with Gasteiger partial charge in [-0.05, 0) is 5.92 Å². The third-order valence-electron chi connectivity index (χ3n) is 2.72. The normalized spacial score (nSPS) is 10.9. The predicted molar refractivity (Wildman–Crippen MR) is 75.1 cm³/mol. The molecule has 0 atom stereocenters. The van der Waals surface area contributed by atoms with Crippen molar-refractivity contribution in [1.82, 2.24) is 9.88 Å². The summed E-state index contributed by atoms with van der Waals surface area (Å²) in [4.78, 5) is 17.0. The van der Waals surface area contributed by atoms with Gasteiger partial charge in [-0.15, -0.1) is 0 Å². The van der Waals surface area contributed by atoms with Crippen molar-refractivity contribution >= 4 is 5.97 Å². The molecule has 6 nitrogen and oxygen atoms in total. The molecule has 1 aromatic heterocycles. The van der Waals surface area contributed by atoms with E-state index in [1.54, 1.807) is 26.5 Å². The van der Waals surface area contributed by atoms with Crippen molar-refractivity contribution in [3.8, 4) is 11.5 Å². The quantitative estimate of drug-likeness (QED) is 0.781. The molecule has 20 heavy (non-hydrogen) atoms. The SMILES string of the molecule is COc1ccnc(CN(CC(=O)O)CC(C)C)c1OC. The molecule has 0 radical (unpaired) electrons. The van der Waals surface area contributed by atoms with Gasteiger partial charge < -0.3 is 14.6 Å². The van der Waals surface area contributed by atoms with Gasteiger partial charge in [0, 0.05) is 25.4 Å². The van der Waals surface area contributed by atoms with Crippen LogP contribution in [0.4, 0.5) is 0 Å². The molecule has 0 aliphatic carbocycles. The maximum atomic E-state index is 10.9. The Labute approximate surface area is 119 Å². The standard InChI is InChI=1S/C14H22N2O4/c1-10(2)7-16(9-13(17)18)8-11-14(20-4)12(19-3)5-6-15-11/h5-6,10H,7-9H2,1-4H3,(H,17,18). The molecule has 1 rings (SSSR count). The molecule has 0 aliphatic heterocycles. The fraction of sp³-hybridized carbons (Fsp3) is 0.571. The van der Waals surface area contributed by atoms with Crippen LogP contribution >= 0.6 is 0 Å². The number of methoxy groups -OCH3 is 2. The van der Waals surface area contributed by atoms with Gasteiger partial charge in [0.05, 0.1) is 20.8 Å². The second kappa shape index (κ2) is 7.69. The average Bonchev–Trinajstić information content (AvgIpc) is 2.36. The van der Waals surface area contributed by atoms with Gasteiger partial charge in [-0.3, -0.25) is 14.7 Å². The van der Waals surface area contributed by atoms with Gasteiger partial charge in [-0.25, -0.2) is 0 Å². The van der Waals surface area contributed by atoms with Crippen LogP contribution in [0.15, 0.2) is 12.3 Å². The van der Waals surface area contributed by atoms with E-state index in [0.29, 0.717) is 36.2 Å². The largest absolute Gasteiger partial charge is 0.493 e. The van der Waals surface area contributed by atoms with Gasteiger partial charge in [-0.2, -0.15) is 0 Å². The Bertz CT molecular complexity index is 449. The van der Waals surface area contributed by atoms with E-state index in [2.05, 4.69) is 4.98 Å². The van der Waals surface area contributed by atoms with Crippen LogP contribution in [0.3, 0.4) is 0 Å².